The highest BCUT2D eigenvalue weighted by Crippen LogP contribution is 2.26. The van der Waals surface area contributed by atoms with E-state index < -0.39 is 0 Å². The molecular weight excluding hydrogens is 250 g/mol. The lowest BCUT2D eigenvalue weighted by Crippen LogP contribution is -2.21. The Morgan fingerprint density at radius 2 is 2.28 bits per heavy atom. The van der Waals surface area contributed by atoms with Crippen molar-refractivity contribution in [3.63, 3.8) is 0 Å². The zero-order chi connectivity index (χ0) is 12.4. The number of benzene rings is 1. The number of nitrogens with zero attached hydrogens (tertiary/aromatic N) is 2. The van der Waals surface area contributed by atoms with Crippen LogP contribution in [0.15, 0.2) is 35.3 Å². The van der Waals surface area contributed by atoms with E-state index in [2.05, 4.69) is 15.5 Å². The second-order valence-electron chi connectivity index (χ2n) is 3.69. The molecule has 0 bridgehead atoms. The number of carbonyl (C=O) groups is 1. The summed E-state index contributed by atoms with van der Waals surface area (Å²) in [5, 5.41) is 10.6. The van der Waals surface area contributed by atoms with E-state index in [0.29, 0.717) is 10.7 Å². The molecule has 0 saturated carbocycles. The highest BCUT2D eigenvalue weighted by molar-refractivity contribution is 7.13. The van der Waals surface area contributed by atoms with E-state index in [4.69, 9.17) is 4.74 Å². The number of carbonyl (C=O) groups excluding carboxylic acids is 1. The molecule has 1 aromatic carbocycles. The van der Waals surface area contributed by atoms with Crippen molar-refractivity contribution in [1.29, 1.82) is 0 Å². The third kappa shape index (κ3) is 2.10. The van der Waals surface area contributed by atoms with E-state index >= 15 is 0 Å². The van der Waals surface area contributed by atoms with Gasteiger partial charge in [0.2, 0.25) is 5.13 Å². The van der Waals surface area contributed by atoms with Gasteiger partial charge in [-0.3, -0.25) is 10.1 Å². The van der Waals surface area contributed by atoms with Gasteiger partial charge in [0, 0.05) is 5.56 Å². The highest BCUT2D eigenvalue weighted by atomic mass is 32.1. The normalized spacial score (nSPS) is 13.2. The molecule has 90 valence electrons. The van der Waals surface area contributed by atoms with Gasteiger partial charge in [-0.25, -0.2) is 0 Å². The molecule has 1 aromatic heterocycles. The van der Waals surface area contributed by atoms with Crippen molar-refractivity contribution in [1.82, 2.24) is 10.2 Å². The second kappa shape index (κ2) is 4.58. The van der Waals surface area contributed by atoms with Crippen LogP contribution >= 0.6 is 11.3 Å². The molecule has 0 fully saturated rings. The lowest BCUT2D eigenvalue weighted by molar-refractivity contribution is -0.113. The molecule has 2 aromatic rings. The molecule has 2 heterocycles. The molecule has 6 heteroatoms. The fourth-order valence-corrected chi connectivity index (χ4v) is 2.09. The van der Waals surface area contributed by atoms with Gasteiger partial charge >= 0.3 is 0 Å². The molecule has 0 atom stereocenters. The molecule has 3 rings (SSSR count). The van der Waals surface area contributed by atoms with Crippen LogP contribution in [0, 0.1) is 0 Å². The number of amides is 1. The molecule has 0 saturated heterocycles. The summed E-state index contributed by atoms with van der Waals surface area (Å²) < 4.78 is 5.51. The number of nitrogens with one attached hydrogen (secondary N) is 1. The monoisotopic (exact) mass is 259 g/mol. The van der Waals surface area contributed by atoms with Crippen molar-refractivity contribution in [2.24, 2.45) is 0 Å². The number of anilines is 1. The Labute approximate surface area is 107 Å². The van der Waals surface area contributed by atoms with Crippen molar-refractivity contribution in [2.75, 3.05) is 11.9 Å². The molecule has 0 radical (unpaired) electrons. The van der Waals surface area contributed by atoms with Crippen LogP contribution in [0.2, 0.25) is 0 Å². The summed E-state index contributed by atoms with van der Waals surface area (Å²) >= 11 is 1.28. The summed E-state index contributed by atoms with van der Waals surface area (Å²) in [6, 6.07) is 7.60. The molecule has 5 nitrogen and oxygen atoms in total. The van der Waals surface area contributed by atoms with Gasteiger partial charge in [-0.1, -0.05) is 29.5 Å². The van der Waals surface area contributed by atoms with Crippen LogP contribution in [0.25, 0.3) is 6.08 Å². The third-order valence-corrected chi connectivity index (χ3v) is 3.11. The molecule has 0 aliphatic carbocycles. The van der Waals surface area contributed by atoms with Crippen molar-refractivity contribution >= 4 is 28.5 Å². The number of hydrogen-bond donors (Lipinski definition) is 1. The number of aromatic nitrogens is 2. The summed E-state index contributed by atoms with van der Waals surface area (Å²) in [5.74, 6) is 0.589. The summed E-state index contributed by atoms with van der Waals surface area (Å²) in [7, 11) is 0. The molecule has 1 aliphatic heterocycles. The number of para-hydroxylation sites is 1. The number of ether oxygens (including phenoxy) is 1. The Hall–Kier alpha value is -2.21. The lowest BCUT2D eigenvalue weighted by atomic mass is 10.1. The minimum atomic E-state index is -0.207. The topological polar surface area (TPSA) is 64.1 Å². The van der Waals surface area contributed by atoms with Crippen molar-refractivity contribution in [2.45, 2.75) is 0 Å². The first kappa shape index (κ1) is 10.9. The average Bonchev–Trinajstić information content (AvgIpc) is 2.91. The third-order valence-electron chi connectivity index (χ3n) is 2.50. The highest BCUT2D eigenvalue weighted by Gasteiger charge is 2.17. The minimum absolute atomic E-state index is 0.207. The van der Waals surface area contributed by atoms with Crippen LogP contribution in [0.1, 0.15) is 5.56 Å². The van der Waals surface area contributed by atoms with Crippen LogP contribution in [0.3, 0.4) is 0 Å². The van der Waals surface area contributed by atoms with Crippen LogP contribution in [0.4, 0.5) is 5.13 Å². The van der Waals surface area contributed by atoms with Gasteiger partial charge in [0.05, 0.1) is 5.57 Å². The number of hydrogen-bond acceptors (Lipinski definition) is 5. The largest absolute Gasteiger partial charge is 0.488 e. The van der Waals surface area contributed by atoms with Gasteiger partial charge in [-0.05, 0) is 12.1 Å². The van der Waals surface area contributed by atoms with E-state index in [-0.39, 0.29) is 12.5 Å². The van der Waals surface area contributed by atoms with Gasteiger partial charge in [0.1, 0.15) is 17.9 Å². The van der Waals surface area contributed by atoms with Crippen molar-refractivity contribution in [3.8, 4) is 5.75 Å². The zero-order valence-corrected chi connectivity index (χ0v) is 10.1. The van der Waals surface area contributed by atoms with E-state index in [0.717, 1.165) is 11.3 Å². The predicted molar refractivity (Wildman–Crippen MR) is 68.5 cm³/mol. The fourth-order valence-electron chi connectivity index (χ4n) is 1.65. The maximum absolute atomic E-state index is 12.0. The molecule has 1 aliphatic rings. The first-order chi connectivity index (χ1) is 8.83. The Morgan fingerprint density at radius 1 is 1.39 bits per heavy atom. The lowest BCUT2D eigenvalue weighted by Gasteiger charge is -2.16. The van der Waals surface area contributed by atoms with Gasteiger partial charge in [-0.15, -0.1) is 10.2 Å². The van der Waals surface area contributed by atoms with Crippen LogP contribution in [0.5, 0.6) is 5.75 Å². The van der Waals surface area contributed by atoms with Crippen molar-refractivity contribution in [3.05, 3.63) is 40.9 Å². The molecule has 1 N–H and O–H groups in total. The predicted octanol–water partition coefficient (Wildman–Crippen LogP) is 1.95. The minimum Gasteiger partial charge on any atom is -0.488 e. The molecule has 1 amide bonds. The van der Waals surface area contributed by atoms with Gasteiger partial charge in [-0.2, -0.15) is 0 Å². The Balaban J connectivity index is 1.82. The maximum atomic E-state index is 12.0. The van der Waals surface area contributed by atoms with Crippen LogP contribution in [-0.2, 0) is 4.79 Å². The van der Waals surface area contributed by atoms with Gasteiger partial charge in [0.15, 0.2) is 0 Å². The first-order valence-electron chi connectivity index (χ1n) is 5.33. The SMILES string of the molecule is O=C(Nc1nncs1)C1=Cc2ccccc2OC1. The Morgan fingerprint density at radius 3 is 3.11 bits per heavy atom. The number of rotatable bonds is 2. The maximum Gasteiger partial charge on any atom is 0.256 e. The molecule has 0 unspecified atom stereocenters. The average molecular weight is 259 g/mol. The Kier molecular flexibility index (Phi) is 2.77. The van der Waals surface area contributed by atoms with E-state index in [1.165, 1.54) is 11.3 Å². The number of fused-ring (bicyclic) bond motifs is 1. The van der Waals surface area contributed by atoms with Crippen LogP contribution in [-0.4, -0.2) is 22.7 Å². The first-order valence-corrected chi connectivity index (χ1v) is 6.21. The quantitative estimate of drug-likeness (QED) is 0.895. The summed E-state index contributed by atoms with van der Waals surface area (Å²) in [4.78, 5) is 12.0. The molecule has 0 spiro atoms. The summed E-state index contributed by atoms with van der Waals surface area (Å²) in [5.41, 5.74) is 3.05. The zero-order valence-electron chi connectivity index (χ0n) is 9.29. The van der Waals surface area contributed by atoms with E-state index in [1.54, 1.807) is 5.51 Å². The Bertz CT molecular complexity index is 608. The van der Waals surface area contributed by atoms with Gasteiger partial charge < -0.3 is 4.74 Å². The van der Waals surface area contributed by atoms with E-state index in [1.807, 2.05) is 30.3 Å². The summed E-state index contributed by atoms with van der Waals surface area (Å²) in [6.07, 6.45) is 1.83. The van der Waals surface area contributed by atoms with Gasteiger partial charge in [0.25, 0.3) is 5.91 Å². The summed E-state index contributed by atoms with van der Waals surface area (Å²) in [6.45, 7) is 0.266. The smallest absolute Gasteiger partial charge is 0.256 e. The second-order valence-corrected chi connectivity index (χ2v) is 4.53. The van der Waals surface area contributed by atoms with Crippen LogP contribution < -0.4 is 10.1 Å². The standard InChI is InChI=1S/C12H9N3O2S/c16-11(14-12-15-13-7-18-12)9-5-8-3-1-2-4-10(8)17-6-9/h1-5,7H,6H2,(H,14,15,16). The van der Waals surface area contributed by atoms with Crippen molar-refractivity contribution < 1.29 is 9.53 Å². The fraction of sp³-hybridized carbons (Fsp3) is 0.0833. The molecule has 18 heavy (non-hydrogen) atoms. The van der Waals surface area contributed by atoms with E-state index in [9.17, 15) is 4.79 Å². The molecular formula is C12H9N3O2S.